The monoisotopic (exact) mass is 256 g/mol. The molecule has 1 saturated carbocycles. The molecule has 5 heteroatoms. The number of carboxylic acid groups (broad SMARTS) is 1. The lowest BCUT2D eigenvalue weighted by molar-refractivity contribution is -0.138. The first kappa shape index (κ1) is 14.8. The first-order valence-electron chi connectivity index (χ1n) is 6.64. The van der Waals surface area contributed by atoms with Crippen molar-refractivity contribution in [2.24, 2.45) is 17.8 Å². The van der Waals surface area contributed by atoms with E-state index in [1.807, 2.05) is 0 Å². The van der Waals surface area contributed by atoms with E-state index in [0.29, 0.717) is 24.4 Å². The Balaban J connectivity index is 2.26. The van der Waals surface area contributed by atoms with E-state index in [2.05, 4.69) is 31.4 Å². The SMILES string of the molecule is CC(C)C[C@H](CNC(=O)NC1CC1C)CC(=O)O. The molecule has 5 nitrogen and oxygen atoms in total. The standard InChI is InChI=1S/C13H24N2O3/c1-8(2)4-10(6-12(16)17)7-14-13(18)15-11-5-9(11)3/h8-11H,4-7H2,1-3H3,(H,16,17)(H2,14,15,18)/t9?,10-,11?/m0/s1. The van der Waals surface area contributed by atoms with Gasteiger partial charge in [0.15, 0.2) is 0 Å². The van der Waals surface area contributed by atoms with Gasteiger partial charge in [-0.2, -0.15) is 0 Å². The maximum Gasteiger partial charge on any atom is 0.315 e. The van der Waals surface area contributed by atoms with Crippen molar-refractivity contribution in [3.63, 3.8) is 0 Å². The van der Waals surface area contributed by atoms with Crippen LogP contribution in [0.25, 0.3) is 0 Å². The number of aliphatic carboxylic acids is 1. The fraction of sp³-hybridized carbons (Fsp3) is 0.846. The van der Waals surface area contributed by atoms with E-state index in [-0.39, 0.29) is 18.4 Å². The topological polar surface area (TPSA) is 78.4 Å². The maximum atomic E-state index is 11.5. The summed E-state index contributed by atoms with van der Waals surface area (Å²) in [6.45, 7) is 6.63. The van der Waals surface area contributed by atoms with Crippen molar-refractivity contribution in [1.82, 2.24) is 10.6 Å². The van der Waals surface area contributed by atoms with E-state index in [4.69, 9.17) is 5.11 Å². The Labute approximate surface area is 108 Å². The van der Waals surface area contributed by atoms with Gasteiger partial charge in [-0.15, -0.1) is 0 Å². The number of amides is 2. The summed E-state index contributed by atoms with van der Waals surface area (Å²) in [6.07, 6.45) is 1.96. The van der Waals surface area contributed by atoms with E-state index in [0.717, 1.165) is 12.8 Å². The fourth-order valence-electron chi connectivity index (χ4n) is 2.13. The predicted octanol–water partition coefficient (Wildman–Crippen LogP) is 1.83. The third kappa shape index (κ3) is 5.89. The van der Waals surface area contributed by atoms with Gasteiger partial charge in [-0.05, 0) is 30.6 Å². The molecule has 1 fully saturated rings. The second-order valence-corrected chi connectivity index (χ2v) is 5.77. The van der Waals surface area contributed by atoms with Gasteiger partial charge in [-0.3, -0.25) is 4.79 Å². The maximum absolute atomic E-state index is 11.5. The van der Waals surface area contributed by atoms with Crippen LogP contribution in [0.5, 0.6) is 0 Å². The molecule has 0 aromatic rings. The lowest BCUT2D eigenvalue weighted by atomic mass is 9.94. The van der Waals surface area contributed by atoms with Gasteiger partial charge in [-0.1, -0.05) is 20.8 Å². The first-order chi connectivity index (χ1) is 8.38. The van der Waals surface area contributed by atoms with Crippen LogP contribution in [0.4, 0.5) is 4.79 Å². The summed E-state index contributed by atoms with van der Waals surface area (Å²) in [5.74, 6) is 0.201. The lowest BCUT2D eigenvalue weighted by Gasteiger charge is -2.18. The Morgan fingerprint density at radius 3 is 2.44 bits per heavy atom. The van der Waals surface area contributed by atoms with Gasteiger partial charge in [0.2, 0.25) is 0 Å². The van der Waals surface area contributed by atoms with Gasteiger partial charge >= 0.3 is 12.0 Å². The molecule has 1 aliphatic carbocycles. The highest BCUT2D eigenvalue weighted by molar-refractivity contribution is 5.74. The molecule has 0 aliphatic heterocycles. The number of carbonyl (C=O) groups excluding carboxylic acids is 1. The summed E-state index contributed by atoms with van der Waals surface area (Å²) in [4.78, 5) is 22.3. The smallest absolute Gasteiger partial charge is 0.315 e. The van der Waals surface area contributed by atoms with Crippen molar-refractivity contribution >= 4 is 12.0 Å². The Bertz CT molecular complexity index is 305. The molecule has 3 N–H and O–H groups in total. The van der Waals surface area contributed by atoms with Crippen LogP contribution in [0.1, 0.15) is 40.0 Å². The van der Waals surface area contributed by atoms with Crippen LogP contribution < -0.4 is 10.6 Å². The van der Waals surface area contributed by atoms with Crippen LogP contribution in [-0.4, -0.2) is 29.7 Å². The number of hydrogen-bond donors (Lipinski definition) is 3. The van der Waals surface area contributed by atoms with Crippen molar-refractivity contribution in [1.29, 1.82) is 0 Å². The Hall–Kier alpha value is -1.26. The molecule has 2 amide bonds. The highest BCUT2D eigenvalue weighted by Crippen LogP contribution is 2.28. The molecule has 3 atom stereocenters. The molecule has 0 bridgehead atoms. The van der Waals surface area contributed by atoms with Gasteiger partial charge < -0.3 is 15.7 Å². The minimum atomic E-state index is -0.807. The van der Waals surface area contributed by atoms with Crippen LogP contribution in [0, 0.1) is 17.8 Å². The third-order valence-electron chi connectivity index (χ3n) is 3.25. The highest BCUT2D eigenvalue weighted by atomic mass is 16.4. The van der Waals surface area contributed by atoms with Crippen LogP contribution in [0.15, 0.2) is 0 Å². The van der Waals surface area contributed by atoms with Crippen molar-refractivity contribution in [3.8, 4) is 0 Å². The third-order valence-corrected chi connectivity index (χ3v) is 3.25. The predicted molar refractivity (Wildman–Crippen MR) is 69.3 cm³/mol. The van der Waals surface area contributed by atoms with Gasteiger partial charge in [-0.25, -0.2) is 4.79 Å². The lowest BCUT2D eigenvalue weighted by Crippen LogP contribution is -2.40. The molecule has 0 saturated heterocycles. The van der Waals surface area contributed by atoms with Gasteiger partial charge in [0.25, 0.3) is 0 Å². The molecule has 0 radical (unpaired) electrons. The number of carbonyl (C=O) groups is 2. The summed E-state index contributed by atoms with van der Waals surface area (Å²) in [6, 6.07) is 0.122. The van der Waals surface area contributed by atoms with Gasteiger partial charge in [0.05, 0.1) is 0 Å². The Morgan fingerprint density at radius 2 is 2.00 bits per heavy atom. The van der Waals surface area contributed by atoms with Crippen molar-refractivity contribution < 1.29 is 14.7 Å². The number of nitrogens with one attached hydrogen (secondary N) is 2. The van der Waals surface area contributed by atoms with Crippen LogP contribution >= 0.6 is 0 Å². The van der Waals surface area contributed by atoms with Crippen molar-refractivity contribution in [2.75, 3.05) is 6.54 Å². The second-order valence-electron chi connectivity index (χ2n) is 5.77. The minimum Gasteiger partial charge on any atom is -0.481 e. The first-order valence-corrected chi connectivity index (χ1v) is 6.64. The number of carboxylic acids is 1. The van der Waals surface area contributed by atoms with Crippen molar-refractivity contribution in [2.45, 2.75) is 46.1 Å². The van der Waals surface area contributed by atoms with E-state index >= 15 is 0 Å². The average molecular weight is 256 g/mol. The molecular formula is C13H24N2O3. The molecule has 1 aliphatic rings. The van der Waals surface area contributed by atoms with E-state index < -0.39 is 5.97 Å². The summed E-state index contributed by atoms with van der Waals surface area (Å²) < 4.78 is 0. The minimum absolute atomic E-state index is 0.00452. The second kappa shape index (κ2) is 6.61. The molecule has 0 heterocycles. The van der Waals surface area contributed by atoms with Gasteiger partial charge in [0, 0.05) is 19.0 Å². The molecular weight excluding hydrogens is 232 g/mol. The molecule has 18 heavy (non-hydrogen) atoms. The molecule has 104 valence electrons. The zero-order valence-corrected chi connectivity index (χ0v) is 11.4. The summed E-state index contributed by atoms with van der Waals surface area (Å²) in [7, 11) is 0. The quantitative estimate of drug-likeness (QED) is 0.650. The van der Waals surface area contributed by atoms with Gasteiger partial charge in [0.1, 0.15) is 0 Å². The zero-order chi connectivity index (χ0) is 13.7. The number of rotatable bonds is 7. The average Bonchev–Trinajstić information content (AvgIpc) is 2.89. The zero-order valence-electron chi connectivity index (χ0n) is 11.4. The Kier molecular flexibility index (Phi) is 5.44. The molecule has 2 unspecified atom stereocenters. The summed E-state index contributed by atoms with van der Waals surface area (Å²) >= 11 is 0. The van der Waals surface area contributed by atoms with E-state index in [9.17, 15) is 9.59 Å². The largest absolute Gasteiger partial charge is 0.481 e. The molecule has 0 aromatic heterocycles. The molecule has 0 spiro atoms. The van der Waals surface area contributed by atoms with Crippen LogP contribution in [-0.2, 0) is 4.79 Å². The van der Waals surface area contributed by atoms with Crippen LogP contribution in [0.3, 0.4) is 0 Å². The number of urea groups is 1. The summed E-state index contributed by atoms with van der Waals surface area (Å²) in [5, 5.41) is 14.5. The highest BCUT2D eigenvalue weighted by Gasteiger charge is 2.33. The van der Waals surface area contributed by atoms with Crippen molar-refractivity contribution in [3.05, 3.63) is 0 Å². The summed E-state index contributed by atoms with van der Waals surface area (Å²) in [5.41, 5.74) is 0. The Morgan fingerprint density at radius 1 is 1.39 bits per heavy atom. The fourth-order valence-corrected chi connectivity index (χ4v) is 2.13. The molecule has 1 rings (SSSR count). The normalized spacial score (nSPS) is 23.6. The van der Waals surface area contributed by atoms with Crippen LogP contribution in [0.2, 0.25) is 0 Å². The number of hydrogen-bond acceptors (Lipinski definition) is 2. The van der Waals surface area contributed by atoms with E-state index in [1.165, 1.54) is 0 Å². The van der Waals surface area contributed by atoms with E-state index in [1.54, 1.807) is 0 Å². The molecule has 0 aromatic carbocycles.